The van der Waals surface area contributed by atoms with Crippen molar-refractivity contribution in [1.82, 2.24) is 9.97 Å². The van der Waals surface area contributed by atoms with Crippen molar-refractivity contribution in [3.05, 3.63) is 65.9 Å². The van der Waals surface area contributed by atoms with E-state index in [4.69, 9.17) is 4.42 Å². The second-order valence-corrected chi connectivity index (χ2v) is 7.26. The average Bonchev–Trinajstić information content (AvgIpc) is 3.28. The van der Waals surface area contributed by atoms with E-state index in [1.807, 2.05) is 19.9 Å². The number of nitrogens with zero attached hydrogens (tertiary/aromatic N) is 2. The van der Waals surface area contributed by atoms with E-state index in [1.165, 1.54) is 11.3 Å². The Bertz CT molecular complexity index is 772. The van der Waals surface area contributed by atoms with Crippen LogP contribution in [0.1, 0.15) is 56.6 Å². The molecule has 0 aliphatic rings. The van der Waals surface area contributed by atoms with Crippen molar-refractivity contribution in [2.24, 2.45) is 0 Å². The van der Waals surface area contributed by atoms with Gasteiger partial charge in [-0.15, -0.1) is 17.9 Å². The number of oxazole rings is 1. The number of carbonyl (C=O) groups is 1. The van der Waals surface area contributed by atoms with Gasteiger partial charge in [0, 0.05) is 23.4 Å². The Hall–Kier alpha value is -2.47. The van der Waals surface area contributed by atoms with Crippen LogP contribution in [0.2, 0.25) is 0 Å². The fraction of sp³-hybridized carbons (Fsp3) is 0.381. The average molecular weight is 388 g/mol. The Balaban J connectivity index is 0.00000114. The van der Waals surface area contributed by atoms with E-state index in [-0.39, 0.29) is 5.91 Å². The van der Waals surface area contributed by atoms with Crippen LogP contribution in [0.25, 0.3) is 0 Å². The number of thiazole rings is 1. The molecule has 0 saturated heterocycles. The number of amides is 1. The molecule has 1 N–H and O–H groups in total. The minimum Gasteiger partial charge on any atom is -0.445 e. The summed E-state index contributed by atoms with van der Waals surface area (Å²) in [6.45, 7) is 15.0. The van der Waals surface area contributed by atoms with Crippen LogP contribution in [0.5, 0.6) is 0 Å². The Morgan fingerprint density at radius 3 is 2.52 bits per heavy atom. The maximum Gasteiger partial charge on any atom is 0.230 e. The van der Waals surface area contributed by atoms with Gasteiger partial charge in [-0.25, -0.2) is 9.97 Å². The van der Waals surface area contributed by atoms with Gasteiger partial charge in [0.15, 0.2) is 11.0 Å². The van der Waals surface area contributed by atoms with Crippen LogP contribution in [0, 0.1) is 0 Å². The summed E-state index contributed by atoms with van der Waals surface area (Å²) in [5.41, 5.74) is 0.897. The van der Waals surface area contributed by atoms with Crippen molar-refractivity contribution in [3.63, 3.8) is 0 Å². The Morgan fingerprint density at radius 2 is 1.96 bits per heavy atom. The van der Waals surface area contributed by atoms with Gasteiger partial charge in [0.2, 0.25) is 5.91 Å². The Morgan fingerprint density at radius 1 is 1.26 bits per heavy atom. The van der Waals surface area contributed by atoms with Gasteiger partial charge < -0.3 is 9.73 Å². The second-order valence-electron chi connectivity index (χ2n) is 6.14. The molecule has 0 aliphatic carbocycles. The fourth-order valence-electron chi connectivity index (χ4n) is 2.06. The predicted octanol–water partition coefficient (Wildman–Crippen LogP) is 5.69. The molecule has 0 spiro atoms. The SMILES string of the molecule is C=C/C(=C\C)CC(=O)Nc1ncc(CCc2ncc(C(C)C)o2)s1.C=CC. The maximum absolute atomic E-state index is 11.9. The Kier molecular flexibility index (Phi) is 10.0. The molecule has 0 bridgehead atoms. The van der Waals surface area contributed by atoms with E-state index < -0.39 is 0 Å². The van der Waals surface area contributed by atoms with Crippen LogP contribution in [0.3, 0.4) is 0 Å². The van der Waals surface area contributed by atoms with Crippen molar-refractivity contribution >= 4 is 22.4 Å². The van der Waals surface area contributed by atoms with Crippen LogP contribution >= 0.6 is 11.3 Å². The van der Waals surface area contributed by atoms with Crippen LogP contribution in [0.15, 0.2) is 53.8 Å². The number of anilines is 1. The third-order valence-electron chi connectivity index (χ3n) is 3.52. The largest absolute Gasteiger partial charge is 0.445 e. The van der Waals surface area contributed by atoms with Crippen molar-refractivity contribution in [3.8, 4) is 0 Å². The first-order chi connectivity index (χ1) is 12.9. The highest BCUT2D eigenvalue weighted by atomic mass is 32.1. The zero-order valence-corrected chi connectivity index (χ0v) is 17.4. The molecular weight excluding hydrogens is 358 g/mol. The van der Waals surface area contributed by atoms with Crippen molar-refractivity contribution in [2.45, 2.75) is 52.9 Å². The van der Waals surface area contributed by atoms with Gasteiger partial charge >= 0.3 is 0 Å². The van der Waals surface area contributed by atoms with Gasteiger partial charge in [-0.3, -0.25) is 4.79 Å². The van der Waals surface area contributed by atoms with Crippen molar-refractivity contribution in [2.75, 3.05) is 5.32 Å². The van der Waals surface area contributed by atoms with Gasteiger partial charge in [-0.2, -0.15) is 0 Å². The number of allylic oxidation sites excluding steroid dienone is 3. The molecule has 0 saturated carbocycles. The molecule has 0 radical (unpaired) electrons. The molecule has 2 aromatic rings. The molecule has 1 amide bonds. The molecule has 0 unspecified atom stereocenters. The van der Waals surface area contributed by atoms with Crippen molar-refractivity contribution < 1.29 is 9.21 Å². The van der Waals surface area contributed by atoms with E-state index in [0.717, 1.165) is 34.9 Å². The maximum atomic E-state index is 11.9. The molecule has 0 aliphatic heterocycles. The minimum atomic E-state index is -0.0850. The van der Waals surface area contributed by atoms with Gasteiger partial charge in [-0.05, 0) is 25.8 Å². The predicted molar refractivity (Wildman–Crippen MR) is 113 cm³/mol. The summed E-state index contributed by atoms with van der Waals surface area (Å²) in [4.78, 5) is 21.6. The zero-order chi connectivity index (χ0) is 20.2. The normalized spacial score (nSPS) is 10.9. The van der Waals surface area contributed by atoms with Gasteiger partial charge in [0.1, 0.15) is 5.76 Å². The lowest BCUT2D eigenvalue weighted by atomic mass is 10.2. The lowest BCUT2D eigenvalue weighted by molar-refractivity contribution is -0.115. The van der Waals surface area contributed by atoms with Crippen LogP contribution in [-0.2, 0) is 17.6 Å². The molecule has 2 rings (SSSR count). The standard InChI is InChI=1S/C18H23N3O2S.C3H6/c1-5-13(6-2)9-16(22)21-18-20-10-14(24-18)7-8-17-19-11-15(23-17)12(3)4;1-3-2/h5-6,10-12H,1,7-9H2,2-4H3,(H,20,21,22);3H,1H2,2H3/b13-6+;. The summed E-state index contributed by atoms with van der Waals surface area (Å²) < 4.78 is 5.69. The van der Waals surface area contributed by atoms with E-state index >= 15 is 0 Å². The van der Waals surface area contributed by atoms with Crippen molar-refractivity contribution in [1.29, 1.82) is 0 Å². The number of hydrogen-bond donors (Lipinski definition) is 1. The summed E-state index contributed by atoms with van der Waals surface area (Å²) in [6, 6.07) is 0. The summed E-state index contributed by atoms with van der Waals surface area (Å²) in [5, 5.41) is 3.43. The fourth-order valence-corrected chi connectivity index (χ4v) is 2.89. The highest BCUT2D eigenvalue weighted by Gasteiger charge is 2.10. The zero-order valence-electron chi connectivity index (χ0n) is 16.6. The van der Waals surface area contributed by atoms with E-state index in [1.54, 1.807) is 24.5 Å². The van der Waals surface area contributed by atoms with Gasteiger partial charge in [-0.1, -0.05) is 38.7 Å². The number of aromatic nitrogens is 2. The van der Waals surface area contributed by atoms with E-state index in [2.05, 4.69) is 42.3 Å². The highest BCUT2D eigenvalue weighted by molar-refractivity contribution is 7.15. The molecule has 5 nitrogen and oxygen atoms in total. The van der Waals surface area contributed by atoms with Gasteiger partial charge in [0.05, 0.1) is 12.6 Å². The lowest BCUT2D eigenvalue weighted by Crippen LogP contribution is -2.11. The Labute approximate surface area is 165 Å². The first-order valence-electron chi connectivity index (χ1n) is 8.97. The molecule has 2 aromatic heterocycles. The molecule has 2 heterocycles. The minimum absolute atomic E-state index is 0.0850. The molecular formula is C21H29N3O2S. The molecule has 0 fully saturated rings. The molecule has 6 heteroatoms. The molecule has 27 heavy (non-hydrogen) atoms. The topological polar surface area (TPSA) is 68.0 Å². The second kappa shape index (κ2) is 12.0. The number of aryl methyl sites for hydroxylation is 2. The number of nitrogens with one attached hydrogen (secondary N) is 1. The summed E-state index contributed by atoms with van der Waals surface area (Å²) >= 11 is 1.48. The molecule has 146 valence electrons. The van der Waals surface area contributed by atoms with E-state index in [9.17, 15) is 4.79 Å². The van der Waals surface area contributed by atoms with Gasteiger partial charge in [0.25, 0.3) is 0 Å². The first-order valence-corrected chi connectivity index (χ1v) is 9.78. The number of hydrogen-bond acceptors (Lipinski definition) is 5. The van der Waals surface area contributed by atoms with Crippen LogP contribution < -0.4 is 5.32 Å². The smallest absolute Gasteiger partial charge is 0.230 e. The van der Waals surface area contributed by atoms with Crippen LogP contribution in [0.4, 0.5) is 5.13 Å². The molecule has 0 atom stereocenters. The van der Waals surface area contributed by atoms with Crippen LogP contribution in [-0.4, -0.2) is 15.9 Å². The number of carbonyl (C=O) groups excluding carboxylic acids is 1. The quantitative estimate of drug-likeness (QED) is 0.466. The summed E-state index contributed by atoms with van der Waals surface area (Å²) in [6.07, 6.45) is 10.7. The number of rotatable bonds is 8. The van der Waals surface area contributed by atoms with E-state index in [0.29, 0.717) is 17.5 Å². The summed E-state index contributed by atoms with van der Waals surface area (Å²) in [7, 11) is 0. The third-order valence-corrected chi connectivity index (χ3v) is 4.50. The highest BCUT2D eigenvalue weighted by Crippen LogP contribution is 2.21. The molecule has 0 aromatic carbocycles. The first kappa shape index (κ1) is 22.6. The third kappa shape index (κ3) is 8.17. The monoisotopic (exact) mass is 387 g/mol. The lowest BCUT2D eigenvalue weighted by Gasteiger charge is -2.01. The summed E-state index contributed by atoms with van der Waals surface area (Å²) in [5.74, 6) is 1.90.